The Morgan fingerprint density at radius 3 is 2.00 bits per heavy atom. The lowest BCUT2D eigenvalue weighted by molar-refractivity contribution is -0.192. The SMILES string of the molecule is CC(C)(C)C(=O)N[C@H](COCc1ccccc1)c1nnnn1CCCC(=O)NCCc1c[nH]c2ccccc12.CCCc1c[nH]c2ccccc12.O=C(O)C(F)(F)F. The van der Waals surface area contributed by atoms with Crippen LogP contribution in [0.5, 0.6) is 0 Å². The average Bonchev–Trinajstić information content (AvgIpc) is 3.94. The van der Waals surface area contributed by atoms with Crippen molar-refractivity contribution in [3.05, 3.63) is 114 Å². The van der Waals surface area contributed by atoms with Gasteiger partial charge in [0.25, 0.3) is 0 Å². The van der Waals surface area contributed by atoms with Crippen LogP contribution in [0.25, 0.3) is 21.8 Å². The second kappa shape index (κ2) is 21.5. The fourth-order valence-corrected chi connectivity index (χ4v) is 5.81. The minimum atomic E-state index is -5.08. The third-order valence-electron chi connectivity index (χ3n) is 8.86. The summed E-state index contributed by atoms with van der Waals surface area (Å²) in [6.07, 6.45) is 3.07. The van der Waals surface area contributed by atoms with E-state index >= 15 is 0 Å². The molecule has 3 aromatic carbocycles. The number of benzene rings is 3. The number of aromatic amines is 2. The summed E-state index contributed by atoms with van der Waals surface area (Å²) >= 11 is 0. The molecule has 6 rings (SSSR count). The van der Waals surface area contributed by atoms with Gasteiger partial charge in [-0.2, -0.15) is 13.2 Å². The minimum Gasteiger partial charge on any atom is -0.475 e. The normalized spacial score (nSPS) is 11.9. The molecule has 0 radical (unpaired) electrons. The summed E-state index contributed by atoms with van der Waals surface area (Å²) in [5.41, 5.74) is 5.42. The third kappa shape index (κ3) is 13.9. The number of alkyl halides is 3. The van der Waals surface area contributed by atoms with Crippen molar-refractivity contribution in [1.29, 1.82) is 0 Å². The number of aromatic nitrogens is 6. The van der Waals surface area contributed by atoms with E-state index in [9.17, 15) is 22.8 Å². The van der Waals surface area contributed by atoms with Gasteiger partial charge in [0.05, 0.1) is 13.2 Å². The van der Waals surface area contributed by atoms with Gasteiger partial charge in [-0.25, -0.2) is 9.48 Å². The largest absolute Gasteiger partial charge is 0.490 e. The van der Waals surface area contributed by atoms with E-state index in [1.54, 1.807) is 4.68 Å². The second-order valence-corrected chi connectivity index (χ2v) is 14.5. The first-order chi connectivity index (χ1) is 27.7. The van der Waals surface area contributed by atoms with Crippen molar-refractivity contribution in [2.75, 3.05) is 13.2 Å². The molecule has 0 saturated carbocycles. The highest BCUT2D eigenvalue weighted by Gasteiger charge is 2.38. The molecule has 2 amide bonds. The molecule has 0 aliphatic heterocycles. The molecule has 13 nitrogen and oxygen atoms in total. The van der Waals surface area contributed by atoms with Crippen molar-refractivity contribution in [3.8, 4) is 0 Å². The lowest BCUT2D eigenvalue weighted by Gasteiger charge is -2.24. The number of aryl methyl sites for hydroxylation is 2. The van der Waals surface area contributed by atoms with E-state index in [1.807, 2.05) is 75.5 Å². The van der Waals surface area contributed by atoms with Gasteiger partial charge in [-0.05, 0) is 58.5 Å². The standard InChI is InChI=1S/C29H37N7O3.C11H13N.C2HF3O2/c1-29(2,3)28(38)32-25(20-39-19-21-10-5-4-6-11-21)27-33-34-35-36(27)17-9-14-26(37)30-16-15-22-18-31-24-13-8-7-12-23(22)24;1-2-5-9-8-12-11-7-4-3-6-10(9)11;3-2(4,5)1(6)7/h4-8,10-13,18,25,31H,9,14-17,19-20H2,1-3H3,(H,30,37)(H,32,38);3-4,6-8,12H,2,5H2,1H3;(H,6,7)/t25-;;/m1../s1. The van der Waals surface area contributed by atoms with E-state index in [0.29, 0.717) is 38.4 Å². The zero-order valence-electron chi connectivity index (χ0n) is 33.1. The number of hydrogen-bond donors (Lipinski definition) is 5. The van der Waals surface area contributed by atoms with Gasteiger partial charge >= 0.3 is 12.1 Å². The van der Waals surface area contributed by atoms with E-state index in [0.717, 1.165) is 17.5 Å². The van der Waals surface area contributed by atoms with E-state index in [2.05, 4.69) is 79.6 Å². The second-order valence-electron chi connectivity index (χ2n) is 14.5. The average molecular weight is 805 g/mol. The molecule has 5 N–H and O–H groups in total. The smallest absolute Gasteiger partial charge is 0.475 e. The van der Waals surface area contributed by atoms with Gasteiger partial charge in [-0.1, -0.05) is 101 Å². The summed E-state index contributed by atoms with van der Waals surface area (Å²) < 4.78 is 39.3. The van der Waals surface area contributed by atoms with E-state index < -0.39 is 23.6 Å². The number of para-hydroxylation sites is 2. The van der Waals surface area contributed by atoms with E-state index in [-0.39, 0.29) is 18.4 Å². The highest BCUT2D eigenvalue weighted by molar-refractivity contribution is 5.84. The zero-order valence-corrected chi connectivity index (χ0v) is 33.1. The van der Waals surface area contributed by atoms with Crippen molar-refractivity contribution < 1.29 is 37.4 Å². The molecule has 310 valence electrons. The molecule has 58 heavy (non-hydrogen) atoms. The summed E-state index contributed by atoms with van der Waals surface area (Å²) in [4.78, 5) is 40.7. The van der Waals surface area contributed by atoms with Gasteiger partial charge < -0.3 is 30.4 Å². The van der Waals surface area contributed by atoms with Gasteiger partial charge in [0.15, 0.2) is 5.82 Å². The van der Waals surface area contributed by atoms with Crippen LogP contribution in [-0.4, -0.2) is 72.4 Å². The molecule has 0 fully saturated rings. The molecule has 3 heterocycles. The van der Waals surface area contributed by atoms with Gasteiger partial charge in [-0.3, -0.25) is 9.59 Å². The van der Waals surface area contributed by atoms with Crippen LogP contribution < -0.4 is 10.6 Å². The summed E-state index contributed by atoms with van der Waals surface area (Å²) in [6, 6.07) is 25.9. The van der Waals surface area contributed by atoms with Crippen LogP contribution in [0, 0.1) is 5.41 Å². The minimum absolute atomic E-state index is 0.0201. The first-order valence-electron chi connectivity index (χ1n) is 19.0. The van der Waals surface area contributed by atoms with E-state index in [4.69, 9.17) is 14.6 Å². The van der Waals surface area contributed by atoms with Crippen LogP contribution in [-0.2, 0) is 45.1 Å². The van der Waals surface area contributed by atoms with Gasteiger partial charge in [0.1, 0.15) is 6.04 Å². The Bertz CT molecular complexity index is 2190. The Kier molecular flexibility index (Phi) is 16.5. The summed E-state index contributed by atoms with van der Waals surface area (Å²) in [5, 5.41) is 27.8. The highest BCUT2D eigenvalue weighted by atomic mass is 19.4. The quantitative estimate of drug-likeness (QED) is 0.0709. The lowest BCUT2D eigenvalue weighted by Crippen LogP contribution is -2.40. The molecule has 0 saturated heterocycles. The number of amides is 2. The molecule has 0 spiro atoms. The van der Waals surface area contributed by atoms with Gasteiger partial charge in [0, 0.05) is 59.1 Å². The number of nitrogens with one attached hydrogen (secondary N) is 4. The Hall–Kier alpha value is -6.03. The van der Waals surface area contributed by atoms with Crippen LogP contribution in [0.4, 0.5) is 13.2 Å². The van der Waals surface area contributed by atoms with Crippen molar-refractivity contribution >= 4 is 39.6 Å². The highest BCUT2D eigenvalue weighted by Crippen LogP contribution is 2.21. The van der Waals surface area contributed by atoms with Crippen molar-refractivity contribution in [3.63, 3.8) is 0 Å². The molecule has 0 aliphatic rings. The fourth-order valence-electron chi connectivity index (χ4n) is 5.81. The Labute approximate surface area is 334 Å². The summed E-state index contributed by atoms with van der Waals surface area (Å²) in [6.45, 7) is 9.39. The predicted molar refractivity (Wildman–Crippen MR) is 214 cm³/mol. The molecule has 0 aliphatic carbocycles. The number of carbonyl (C=O) groups is 3. The predicted octanol–water partition coefficient (Wildman–Crippen LogP) is 7.47. The molecule has 1 atom stereocenters. The summed E-state index contributed by atoms with van der Waals surface area (Å²) in [5.74, 6) is -2.40. The number of tetrazole rings is 1. The van der Waals surface area contributed by atoms with Crippen LogP contribution >= 0.6 is 0 Å². The maximum absolute atomic E-state index is 12.8. The van der Waals surface area contributed by atoms with Crippen molar-refractivity contribution in [1.82, 2.24) is 40.8 Å². The number of halogens is 3. The maximum atomic E-state index is 12.8. The molecular weight excluding hydrogens is 754 g/mol. The third-order valence-corrected chi connectivity index (χ3v) is 8.86. The van der Waals surface area contributed by atoms with Gasteiger partial charge in [-0.15, -0.1) is 5.10 Å². The number of nitrogens with zero attached hydrogens (tertiary/aromatic N) is 4. The number of hydrogen-bond acceptors (Lipinski definition) is 7. The van der Waals surface area contributed by atoms with Crippen LogP contribution in [0.2, 0.25) is 0 Å². The number of fused-ring (bicyclic) bond motifs is 2. The fraction of sp³-hybridized carbons (Fsp3) is 0.381. The van der Waals surface area contributed by atoms with E-state index in [1.165, 1.54) is 40.3 Å². The number of aliphatic carboxylic acids is 1. The van der Waals surface area contributed by atoms with Crippen LogP contribution in [0.15, 0.2) is 91.3 Å². The number of carboxylic acids is 1. The number of rotatable bonds is 15. The lowest BCUT2D eigenvalue weighted by atomic mass is 9.95. The number of carboxylic acid groups (broad SMARTS) is 1. The Balaban J connectivity index is 0.000000319. The molecule has 3 aromatic heterocycles. The van der Waals surface area contributed by atoms with Crippen molar-refractivity contribution in [2.45, 2.75) is 85.2 Å². The van der Waals surface area contributed by atoms with Crippen LogP contribution in [0.1, 0.15) is 75.5 Å². The first kappa shape index (κ1) is 44.7. The zero-order chi connectivity index (χ0) is 42.1. The Morgan fingerprint density at radius 1 is 0.862 bits per heavy atom. The van der Waals surface area contributed by atoms with Crippen LogP contribution in [0.3, 0.4) is 0 Å². The number of carbonyl (C=O) groups excluding carboxylic acids is 2. The molecule has 0 unspecified atom stereocenters. The van der Waals surface area contributed by atoms with Gasteiger partial charge in [0.2, 0.25) is 11.8 Å². The molecule has 0 bridgehead atoms. The molecular formula is C42H51F3N8O5. The molecule has 16 heteroatoms. The van der Waals surface area contributed by atoms with Crippen molar-refractivity contribution in [2.24, 2.45) is 5.41 Å². The Morgan fingerprint density at radius 2 is 1.43 bits per heavy atom. The maximum Gasteiger partial charge on any atom is 0.490 e. The molecule has 6 aromatic rings. The topological polar surface area (TPSA) is 180 Å². The first-order valence-corrected chi connectivity index (χ1v) is 19.0. The monoisotopic (exact) mass is 804 g/mol. The summed E-state index contributed by atoms with van der Waals surface area (Å²) in [7, 11) is 0. The number of ether oxygens (including phenoxy) is 1. The number of H-pyrrole nitrogens is 2.